The van der Waals surface area contributed by atoms with Gasteiger partial charge in [0.1, 0.15) is 5.75 Å². The molecule has 5 heteroatoms. The topological polar surface area (TPSA) is 58.6 Å². The Hall–Kier alpha value is -2.66. The van der Waals surface area contributed by atoms with Gasteiger partial charge in [0.2, 0.25) is 0 Å². The molecule has 1 N–H and O–H groups in total. The van der Waals surface area contributed by atoms with Crippen LogP contribution < -0.4 is 10.1 Å². The standard InChI is InChI=1S/C28H36N2O3/c1-19-16-20-8-5-4-6-9-23-24(28(32)29-18-25(20)26(31)17-19)10-7-11-27(23)33-22-14-12-21(13-15-22)30(2)3/h4,6-7,10-11,16,21-22H,5,8-9,12-15,17-18H2,1-3H3,(H,29,32)/b6-4+. The van der Waals surface area contributed by atoms with E-state index in [1.165, 1.54) is 0 Å². The number of nitrogens with zero attached hydrogens (tertiary/aromatic N) is 1. The van der Waals surface area contributed by atoms with Gasteiger partial charge in [-0.2, -0.15) is 0 Å². The molecule has 2 aliphatic carbocycles. The number of hydrogen-bond acceptors (Lipinski definition) is 4. The molecule has 1 aromatic carbocycles. The number of carbonyl (C=O) groups excluding carboxylic acids is 2. The lowest BCUT2D eigenvalue weighted by Gasteiger charge is -2.33. The molecule has 0 unspecified atom stereocenters. The third kappa shape index (κ3) is 5.64. The van der Waals surface area contributed by atoms with Crippen molar-refractivity contribution in [1.29, 1.82) is 0 Å². The Kier molecular flexibility index (Phi) is 7.49. The van der Waals surface area contributed by atoms with Crippen LogP contribution >= 0.6 is 0 Å². The van der Waals surface area contributed by atoms with Gasteiger partial charge in [0.05, 0.1) is 6.10 Å². The Bertz CT molecular complexity index is 994. The molecule has 1 fully saturated rings. The first-order chi connectivity index (χ1) is 15.9. The van der Waals surface area contributed by atoms with Crippen LogP contribution in [0.3, 0.4) is 0 Å². The van der Waals surface area contributed by atoms with Crippen LogP contribution in [0.15, 0.2) is 53.1 Å². The van der Waals surface area contributed by atoms with Gasteiger partial charge in [0, 0.05) is 35.7 Å². The van der Waals surface area contributed by atoms with E-state index >= 15 is 0 Å². The van der Waals surface area contributed by atoms with Crippen LogP contribution in [-0.4, -0.2) is 49.4 Å². The van der Waals surface area contributed by atoms with Crippen molar-refractivity contribution >= 4 is 11.7 Å². The number of amides is 1. The number of hydrogen-bond donors (Lipinski definition) is 1. The normalized spacial score (nSPS) is 25.3. The zero-order valence-electron chi connectivity index (χ0n) is 20.2. The maximum Gasteiger partial charge on any atom is 0.251 e. The number of nitrogens with one attached hydrogen (secondary N) is 1. The molecular formula is C28H36N2O3. The summed E-state index contributed by atoms with van der Waals surface area (Å²) < 4.78 is 6.47. The summed E-state index contributed by atoms with van der Waals surface area (Å²) in [5.41, 5.74) is 4.46. The minimum Gasteiger partial charge on any atom is -0.490 e. The van der Waals surface area contributed by atoms with E-state index < -0.39 is 0 Å². The van der Waals surface area contributed by atoms with Crippen LogP contribution in [0.5, 0.6) is 5.75 Å². The molecule has 4 rings (SSSR count). The fraction of sp³-hybridized carbons (Fsp3) is 0.500. The lowest BCUT2D eigenvalue weighted by atomic mass is 9.89. The predicted octanol–water partition coefficient (Wildman–Crippen LogP) is 4.78. The largest absolute Gasteiger partial charge is 0.490 e. The van der Waals surface area contributed by atoms with Crippen molar-refractivity contribution in [2.24, 2.45) is 0 Å². The zero-order valence-corrected chi connectivity index (χ0v) is 20.2. The summed E-state index contributed by atoms with van der Waals surface area (Å²) in [6.45, 7) is 2.27. The number of ether oxygens (including phenoxy) is 1. The lowest BCUT2D eigenvalue weighted by molar-refractivity contribution is -0.115. The first-order valence-corrected chi connectivity index (χ1v) is 12.2. The van der Waals surface area contributed by atoms with E-state index in [2.05, 4.69) is 42.5 Å². The summed E-state index contributed by atoms with van der Waals surface area (Å²) in [6, 6.07) is 6.37. The molecular weight excluding hydrogens is 412 g/mol. The third-order valence-corrected chi connectivity index (χ3v) is 7.12. The first-order valence-electron chi connectivity index (χ1n) is 12.2. The van der Waals surface area contributed by atoms with E-state index in [0.717, 1.165) is 66.6 Å². The van der Waals surface area contributed by atoms with Crippen molar-refractivity contribution < 1.29 is 14.3 Å². The summed E-state index contributed by atoms with van der Waals surface area (Å²) in [5.74, 6) is 0.786. The molecule has 0 aromatic heterocycles. The molecule has 0 spiro atoms. The Morgan fingerprint density at radius 2 is 1.85 bits per heavy atom. The summed E-state index contributed by atoms with van der Waals surface area (Å²) in [6.07, 6.45) is 13.7. The van der Waals surface area contributed by atoms with Crippen molar-refractivity contribution in [1.82, 2.24) is 10.2 Å². The zero-order chi connectivity index (χ0) is 23.4. The van der Waals surface area contributed by atoms with Gasteiger partial charge in [0.25, 0.3) is 5.91 Å². The van der Waals surface area contributed by atoms with Crippen LogP contribution in [0.2, 0.25) is 0 Å². The van der Waals surface area contributed by atoms with Crippen molar-refractivity contribution in [3.05, 3.63) is 64.3 Å². The number of benzene rings is 1. The quantitative estimate of drug-likeness (QED) is 0.677. The van der Waals surface area contributed by atoms with E-state index in [1.807, 2.05) is 25.1 Å². The summed E-state index contributed by atoms with van der Waals surface area (Å²) in [5, 5.41) is 3.02. The number of rotatable bonds is 3. The van der Waals surface area contributed by atoms with Gasteiger partial charge in [0.15, 0.2) is 5.78 Å². The second kappa shape index (κ2) is 10.5. The molecule has 3 aliphatic rings. The van der Waals surface area contributed by atoms with Crippen LogP contribution in [0.25, 0.3) is 0 Å². The van der Waals surface area contributed by atoms with E-state index in [-0.39, 0.29) is 24.3 Å². The van der Waals surface area contributed by atoms with Crippen molar-refractivity contribution in [3.63, 3.8) is 0 Å². The van der Waals surface area contributed by atoms with E-state index in [9.17, 15) is 9.59 Å². The van der Waals surface area contributed by atoms with Crippen LogP contribution in [0, 0.1) is 0 Å². The molecule has 1 amide bonds. The van der Waals surface area contributed by atoms with Crippen molar-refractivity contribution in [2.75, 3.05) is 20.6 Å². The van der Waals surface area contributed by atoms with Crippen LogP contribution in [0.1, 0.15) is 67.8 Å². The Morgan fingerprint density at radius 1 is 1.06 bits per heavy atom. The van der Waals surface area contributed by atoms with Crippen LogP contribution in [-0.2, 0) is 11.2 Å². The molecule has 5 nitrogen and oxygen atoms in total. The van der Waals surface area contributed by atoms with Gasteiger partial charge in [-0.15, -0.1) is 0 Å². The molecule has 0 atom stereocenters. The predicted molar refractivity (Wildman–Crippen MR) is 132 cm³/mol. The average Bonchev–Trinajstić information content (AvgIpc) is 2.78. The molecule has 1 saturated carbocycles. The smallest absolute Gasteiger partial charge is 0.251 e. The molecule has 0 bridgehead atoms. The molecule has 33 heavy (non-hydrogen) atoms. The highest BCUT2D eigenvalue weighted by Crippen LogP contribution is 2.31. The maximum absolute atomic E-state index is 13.2. The average molecular weight is 449 g/mol. The maximum atomic E-state index is 13.2. The second-order valence-corrected chi connectivity index (χ2v) is 9.79. The van der Waals surface area contributed by atoms with Crippen LogP contribution in [0.4, 0.5) is 0 Å². The van der Waals surface area contributed by atoms with E-state index in [0.29, 0.717) is 24.4 Å². The summed E-state index contributed by atoms with van der Waals surface area (Å²) in [4.78, 5) is 28.1. The fourth-order valence-electron chi connectivity index (χ4n) is 5.19. The Balaban J connectivity index is 1.55. The van der Waals surface area contributed by atoms with E-state index in [1.54, 1.807) is 0 Å². The van der Waals surface area contributed by atoms with Crippen molar-refractivity contribution in [2.45, 2.75) is 70.4 Å². The first kappa shape index (κ1) is 23.5. The van der Waals surface area contributed by atoms with Crippen molar-refractivity contribution in [3.8, 4) is 5.75 Å². The monoisotopic (exact) mass is 448 g/mol. The van der Waals surface area contributed by atoms with E-state index in [4.69, 9.17) is 4.74 Å². The number of Topliss-reactive ketones (excluding diaryl/α,β-unsaturated/α-hetero) is 1. The van der Waals surface area contributed by atoms with Gasteiger partial charge in [-0.05, 0) is 83.7 Å². The van der Waals surface area contributed by atoms with Gasteiger partial charge < -0.3 is 15.0 Å². The third-order valence-electron chi connectivity index (χ3n) is 7.12. The highest BCUT2D eigenvalue weighted by atomic mass is 16.5. The van der Waals surface area contributed by atoms with Gasteiger partial charge >= 0.3 is 0 Å². The highest BCUT2D eigenvalue weighted by molar-refractivity contribution is 6.02. The number of ketones is 1. The lowest BCUT2D eigenvalue weighted by Crippen LogP contribution is -2.35. The Labute approximate surface area is 197 Å². The van der Waals surface area contributed by atoms with Gasteiger partial charge in [-0.1, -0.05) is 29.9 Å². The number of allylic oxidation sites excluding steroid dienone is 5. The highest BCUT2D eigenvalue weighted by Gasteiger charge is 2.26. The molecule has 1 aromatic rings. The molecule has 1 aliphatic heterocycles. The molecule has 0 radical (unpaired) electrons. The summed E-state index contributed by atoms with van der Waals surface area (Å²) >= 11 is 0. The molecule has 176 valence electrons. The molecule has 0 saturated heterocycles. The Morgan fingerprint density at radius 3 is 2.61 bits per heavy atom. The van der Waals surface area contributed by atoms with Gasteiger partial charge in [-0.25, -0.2) is 0 Å². The second-order valence-electron chi connectivity index (χ2n) is 9.79. The SMILES string of the molecule is CC1=CC2=C(CNC(=O)c3cccc(OC4CCC(N(C)C)CC4)c3C/C=C/CC2)C(=O)C1. The minimum absolute atomic E-state index is 0.122. The molecule has 1 heterocycles. The number of fused-ring (bicyclic) bond motifs is 1. The number of carbonyl (C=O) groups is 2. The minimum atomic E-state index is -0.147. The van der Waals surface area contributed by atoms with Gasteiger partial charge in [-0.3, -0.25) is 9.59 Å². The fourth-order valence-corrected chi connectivity index (χ4v) is 5.19. The summed E-state index contributed by atoms with van der Waals surface area (Å²) in [7, 11) is 4.29.